The summed E-state index contributed by atoms with van der Waals surface area (Å²) in [5.41, 5.74) is 7.44. The third-order valence-electron chi connectivity index (χ3n) is 4.08. The Morgan fingerprint density at radius 1 is 1.24 bits per heavy atom. The number of halogens is 1. The van der Waals surface area contributed by atoms with Gasteiger partial charge in [0.1, 0.15) is 0 Å². The second-order valence-corrected chi connectivity index (χ2v) is 6.34. The molecule has 0 bridgehead atoms. The molecule has 1 fully saturated rings. The molecule has 1 unspecified atom stereocenters. The van der Waals surface area contributed by atoms with Gasteiger partial charge in [0, 0.05) is 17.1 Å². The van der Waals surface area contributed by atoms with Gasteiger partial charge in [0.15, 0.2) is 11.5 Å². The first kappa shape index (κ1) is 16.6. The SMILES string of the molecule is CCOC1CC(CC(N)c2cc(OC)c(OC)cc2Br)C1. The van der Waals surface area contributed by atoms with Crippen LogP contribution in [0, 0.1) is 5.92 Å². The first-order chi connectivity index (χ1) is 10.1. The summed E-state index contributed by atoms with van der Waals surface area (Å²) in [6.07, 6.45) is 3.64. The fourth-order valence-electron chi connectivity index (χ4n) is 2.88. The molecule has 1 saturated carbocycles. The summed E-state index contributed by atoms with van der Waals surface area (Å²) in [5.74, 6) is 2.07. The highest BCUT2D eigenvalue weighted by molar-refractivity contribution is 9.10. The Hall–Kier alpha value is -0.780. The second kappa shape index (κ2) is 7.47. The van der Waals surface area contributed by atoms with Gasteiger partial charge in [-0.1, -0.05) is 15.9 Å². The van der Waals surface area contributed by atoms with Crippen LogP contribution in [0.25, 0.3) is 0 Å². The van der Waals surface area contributed by atoms with Crippen LogP contribution < -0.4 is 15.2 Å². The van der Waals surface area contributed by atoms with Crippen molar-refractivity contribution in [1.29, 1.82) is 0 Å². The van der Waals surface area contributed by atoms with Crippen LogP contribution >= 0.6 is 15.9 Å². The zero-order valence-electron chi connectivity index (χ0n) is 12.9. The molecule has 0 aliphatic heterocycles. The molecule has 0 radical (unpaired) electrons. The Balaban J connectivity index is 2.01. The van der Waals surface area contributed by atoms with Gasteiger partial charge in [-0.15, -0.1) is 0 Å². The zero-order valence-corrected chi connectivity index (χ0v) is 14.5. The van der Waals surface area contributed by atoms with Crippen LogP contribution in [-0.4, -0.2) is 26.9 Å². The van der Waals surface area contributed by atoms with Gasteiger partial charge in [0.25, 0.3) is 0 Å². The molecule has 1 aliphatic carbocycles. The first-order valence-electron chi connectivity index (χ1n) is 7.37. The average Bonchev–Trinajstić information content (AvgIpc) is 2.44. The van der Waals surface area contributed by atoms with Crippen LogP contribution in [0.15, 0.2) is 16.6 Å². The van der Waals surface area contributed by atoms with Crippen LogP contribution in [0.4, 0.5) is 0 Å². The van der Waals surface area contributed by atoms with Gasteiger partial charge >= 0.3 is 0 Å². The number of ether oxygens (including phenoxy) is 3. The number of hydrogen-bond acceptors (Lipinski definition) is 4. The summed E-state index contributed by atoms with van der Waals surface area (Å²) < 4.78 is 17.2. The van der Waals surface area contributed by atoms with E-state index in [1.165, 1.54) is 0 Å². The van der Waals surface area contributed by atoms with Crippen molar-refractivity contribution in [2.75, 3.05) is 20.8 Å². The fraction of sp³-hybridized carbons (Fsp3) is 0.625. The second-order valence-electron chi connectivity index (χ2n) is 5.49. The Kier molecular flexibility index (Phi) is 5.90. The summed E-state index contributed by atoms with van der Waals surface area (Å²) in [5, 5.41) is 0. The van der Waals surface area contributed by atoms with E-state index in [2.05, 4.69) is 15.9 Å². The molecule has 0 aromatic heterocycles. The highest BCUT2D eigenvalue weighted by Gasteiger charge is 2.31. The lowest BCUT2D eigenvalue weighted by Crippen LogP contribution is -2.33. The Morgan fingerprint density at radius 3 is 2.43 bits per heavy atom. The molecule has 2 N–H and O–H groups in total. The van der Waals surface area contributed by atoms with Gasteiger partial charge in [-0.05, 0) is 49.8 Å². The minimum Gasteiger partial charge on any atom is -0.493 e. The average molecular weight is 358 g/mol. The lowest BCUT2D eigenvalue weighted by molar-refractivity contribution is -0.0282. The molecular formula is C16H24BrNO3. The number of methoxy groups -OCH3 is 2. The molecule has 0 spiro atoms. The Bertz CT molecular complexity index is 475. The van der Waals surface area contributed by atoms with E-state index in [9.17, 15) is 0 Å². The summed E-state index contributed by atoms with van der Waals surface area (Å²) in [7, 11) is 3.27. The molecule has 1 aromatic carbocycles. The van der Waals surface area contributed by atoms with E-state index >= 15 is 0 Å². The van der Waals surface area contributed by atoms with E-state index in [1.54, 1.807) is 14.2 Å². The maximum absolute atomic E-state index is 6.37. The standard InChI is InChI=1S/C16H24BrNO3/c1-4-21-11-5-10(6-11)7-14(18)12-8-15(19-2)16(20-3)9-13(12)17/h8-11,14H,4-7,18H2,1-3H3. The Morgan fingerprint density at radius 2 is 1.86 bits per heavy atom. The number of nitrogens with two attached hydrogens (primary N) is 1. The van der Waals surface area contributed by atoms with E-state index < -0.39 is 0 Å². The quantitative estimate of drug-likeness (QED) is 0.808. The number of benzene rings is 1. The maximum Gasteiger partial charge on any atom is 0.161 e. The molecule has 5 heteroatoms. The van der Waals surface area contributed by atoms with Crippen molar-refractivity contribution in [3.05, 3.63) is 22.2 Å². The molecule has 0 amide bonds. The molecule has 21 heavy (non-hydrogen) atoms. The third kappa shape index (κ3) is 3.90. The van der Waals surface area contributed by atoms with Crippen molar-refractivity contribution in [2.45, 2.75) is 38.3 Å². The Labute approximate surface area is 135 Å². The molecule has 0 saturated heterocycles. The highest BCUT2D eigenvalue weighted by Crippen LogP contribution is 2.40. The molecular weight excluding hydrogens is 334 g/mol. The third-order valence-corrected chi connectivity index (χ3v) is 4.77. The smallest absolute Gasteiger partial charge is 0.161 e. The van der Waals surface area contributed by atoms with Gasteiger partial charge in [0.05, 0.1) is 20.3 Å². The minimum absolute atomic E-state index is 0.00763. The monoisotopic (exact) mass is 357 g/mol. The van der Waals surface area contributed by atoms with Crippen molar-refractivity contribution >= 4 is 15.9 Å². The molecule has 2 rings (SSSR count). The van der Waals surface area contributed by atoms with E-state index in [0.717, 1.165) is 35.9 Å². The van der Waals surface area contributed by atoms with Crippen molar-refractivity contribution < 1.29 is 14.2 Å². The van der Waals surface area contributed by atoms with Gasteiger partial charge in [-0.25, -0.2) is 0 Å². The van der Waals surface area contributed by atoms with Crippen molar-refractivity contribution in [3.8, 4) is 11.5 Å². The van der Waals surface area contributed by atoms with Crippen LogP contribution in [0.3, 0.4) is 0 Å². The van der Waals surface area contributed by atoms with E-state index in [-0.39, 0.29) is 6.04 Å². The van der Waals surface area contributed by atoms with E-state index in [4.69, 9.17) is 19.9 Å². The zero-order chi connectivity index (χ0) is 15.4. The predicted octanol–water partition coefficient (Wildman–Crippen LogP) is 3.67. The van der Waals surface area contributed by atoms with Crippen LogP contribution in [-0.2, 0) is 4.74 Å². The van der Waals surface area contributed by atoms with Crippen LogP contribution in [0.2, 0.25) is 0 Å². The topological polar surface area (TPSA) is 53.7 Å². The molecule has 0 heterocycles. The molecule has 4 nitrogen and oxygen atoms in total. The number of hydrogen-bond donors (Lipinski definition) is 1. The normalized spacial score (nSPS) is 22.5. The lowest BCUT2D eigenvalue weighted by atomic mass is 9.77. The molecule has 1 aliphatic rings. The predicted molar refractivity (Wildman–Crippen MR) is 86.9 cm³/mol. The molecule has 1 atom stereocenters. The fourth-order valence-corrected chi connectivity index (χ4v) is 3.50. The number of rotatable bonds is 7. The first-order valence-corrected chi connectivity index (χ1v) is 8.16. The lowest BCUT2D eigenvalue weighted by Gasteiger charge is -2.36. The summed E-state index contributed by atoms with van der Waals surface area (Å²) in [4.78, 5) is 0. The summed E-state index contributed by atoms with van der Waals surface area (Å²) >= 11 is 3.58. The molecule has 118 valence electrons. The van der Waals surface area contributed by atoms with Crippen molar-refractivity contribution in [2.24, 2.45) is 11.7 Å². The van der Waals surface area contributed by atoms with Crippen LogP contribution in [0.1, 0.15) is 37.8 Å². The largest absolute Gasteiger partial charge is 0.493 e. The minimum atomic E-state index is -0.00763. The maximum atomic E-state index is 6.37. The van der Waals surface area contributed by atoms with Gasteiger partial charge in [-0.3, -0.25) is 0 Å². The summed E-state index contributed by atoms with van der Waals surface area (Å²) in [6.45, 7) is 2.84. The summed E-state index contributed by atoms with van der Waals surface area (Å²) in [6, 6.07) is 3.87. The van der Waals surface area contributed by atoms with Gasteiger partial charge < -0.3 is 19.9 Å². The van der Waals surface area contributed by atoms with Crippen molar-refractivity contribution in [1.82, 2.24) is 0 Å². The van der Waals surface area contributed by atoms with Crippen molar-refractivity contribution in [3.63, 3.8) is 0 Å². The highest BCUT2D eigenvalue weighted by atomic mass is 79.9. The van der Waals surface area contributed by atoms with E-state index in [1.807, 2.05) is 19.1 Å². The van der Waals surface area contributed by atoms with Crippen LogP contribution in [0.5, 0.6) is 11.5 Å². The van der Waals surface area contributed by atoms with Gasteiger partial charge in [-0.2, -0.15) is 0 Å². The van der Waals surface area contributed by atoms with Gasteiger partial charge in [0.2, 0.25) is 0 Å². The van der Waals surface area contributed by atoms with E-state index in [0.29, 0.717) is 23.5 Å². The molecule has 1 aromatic rings.